The molecule has 0 bridgehead atoms. The fraction of sp³-hybridized carbons (Fsp3) is 0.222. The minimum atomic E-state index is -0.184. The second-order valence-electron chi connectivity index (χ2n) is 2.65. The number of amides is 1. The molecule has 0 unspecified atom stereocenters. The number of carbonyl (C=O) groups is 1. The van der Waals surface area contributed by atoms with E-state index in [1.54, 1.807) is 25.1 Å². The minimum absolute atomic E-state index is 0.132. The zero-order chi connectivity index (χ0) is 9.14. The first-order chi connectivity index (χ1) is 5.61. The van der Waals surface area contributed by atoms with Crippen LogP contribution < -0.4 is 5.32 Å². The Morgan fingerprint density at radius 2 is 2.17 bits per heavy atom. The molecule has 12 heavy (non-hydrogen) atoms. The molecule has 0 saturated carbocycles. The van der Waals surface area contributed by atoms with E-state index in [9.17, 15) is 9.90 Å². The standard InChI is InChI=1S/C9H11NO2/c1-6-4-3-5-8(9(6)12)10-7(2)11/h3-5,12H,1-2H3,(H,10,11). The number of aryl methyl sites for hydroxylation is 1. The predicted molar refractivity (Wildman–Crippen MR) is 47.1 cm³/mol. The van der Waals surface area contributed by atoms with Crippen molar-refractivity contribution in [2.75, 3.05) is 5.32 Å². The van der Waals surface area contributed by atoms with Crippen molar-refractivity contribution in [2.24, 2.45) is 0 Å². The highest BCUT2D eigenvalue weighted by atomic mass is 16.3. The normalized spacial score (nSPS) is 9.50. The summed E-state index contributed by atoms with van der Waals surface area (Å²) in [4.78, 5) is 10.7. The molecule has 1 aromatic rings. The van der Waals surface area contributed by atoms with Crippen LogP contribution in [-0.2, 0) is 4.79 Å². The number of rotatable bonds is 1. The summed E-state index contributed by atoms with van der Waals surface area (Å²) in [6.45, 7) is 3.18. The van der Waals surface area contributed by atoms with Gasteiger partial charge in [-0.05, 0) is 18.6 Å². The Morgan fingerprint density at radius 3 is 2.75 bits per heavy atom. The lowest BCUT2D eigenvalue weighted by molar-refractivity contribution is -0.114. The number of hydrogen-bond donors (Lipinski definition) is 2. The molecule has 0 aliphatic heterocycles. The number of carbonyl (C=O) groups excluding carboxylic acids is 1. The maximum Gasteiger partial charge on any atom is 0.221 e. The summed E-state index contributed by atoms with van der Waals surface area (Å²) in [6.07, 6.45) is 0. The lowest BCUT2D eigenvalue weighted by Gasteiger charge is -2.06. The molecular weight excluding hydrogens is 154 g/mol. The van der Waals surface area contributed by atoms with Gasteiger partial charge < -0.3 is 10.4 Å². The molecule has 1 rings (SSSR count). The Balaban J connectivity index is 3.00. The second kappa shape index (κ2) is 3.26. The number of aromatic hydroxyl groups is 1. The van der Waals surface area contributed by atoms with E-state index >= 15 is 0 Å². The van der Waals surface area contributed by atoms with Crippen LogP contribution in [0.2, 0.25) is 0 Å². The van der Waals surface area contributed by atoms with Gasteiger partial charge in [-0.1, -0.05) is 12.1 Å². The highest BCUT2D eigenvalue weighted by molar-refractivity contribution is 5.90. The first-order valence-corrected chi connectivity index (χ1v) is 3.67. The van der Waals surface area contributed by atoms with Crippen LogP contribution in [0.1, 0.15) is 12.5 Å². The number of phenols is 1. The molecule has 2 N–H and O–H groups in total. The molecule has 0 saturated heterocycles. The zero-order valence-corrected chi connectivity index (χ0v) is 7.09. The summed E-state index contributed by atoms with van der Waals surface area (Å²) in [5.74, 6) is -0.0522. The SMILES string of the molecule is CC(=O)Nc1cccc(C)c1O. The molecule has 0 atom stereocenters. The van der Waals surface area contributed by atoms with Crippen molar-refractivity contribution < 1.29 is 9.90 Å². The van der Waals surface area contributed by atoms with Crippen LogP contribution in [0.15, 0.2) is 18.2 Å². The maximum atomic E-state index is 10.7. The van der Waals surface area contributed by atoms with Crippen molar-refractivity contribution in [3.63, 3.8) is 0 Å². The third-order valence-corrected chi connectivity index (χ3v) is 1.55. The fourth-order valence-corrected chi connectivity index (χ4v) is 0.949. The molecule has 64 valence electrons. The van der Waals surface area contributed by atoms with E-state index in [0.29, 0.717) is 5.69 Å². The summed E-state index contributed by atoms with van der Waals surface area (Å²) in [5, 5.41) is 12.0. The van der Waals surface area contributed by atoms with Gasteiger partial charge in [0.2, 0.25) is 5.91 Å². The van der Waals surface area contributed by atoms with Crippen LogP contribution in [0.3, 0.4) is 0 Å². The van der Waals surface area contributed by atoms with Crippen LogP contribution >= 0.6 is 0 Å². The average Bonchev–Trinajstić information content (AvgIpc) is 1.98. The van der Waals surface area contributed by atoms with Crippen LogP contribution in [-0.4, -0.2) is 11.0 Å². The summed E-state index contributed by atoms with van der Waals surface area (Å²) in [6, 6.07) is 5.21. The first kappa shape index (κ1) is 8.59. The lowest BCUT2D eigenvalue weighted by atomic mass is 10.2. The van der Waals surface area contributed by atoms with Crippen molar-refractivity contribution >= 4 is 11.6 Å². The summed E-state index contributed by atoms with van der Waals surface area (Å²) in [7, 11) is 0. The van der Waals surface area contributed by atoms with Crippen molar-refractivity contribution in [3.05, 3.63) is 23.8 Å². The quantitative estimate of drug-likeness (QED) is 0.622. The number of nitrogens with one attached hydrogen (secondary N) is 1. The summed E-state index contributed by atoms with van der Waals surface area (Å²) in [5.41, 5.74) is 1.21. The van der Waals surface area contributed by atoms with E-state index in [2.05, 4.69) is 5.32 Å². The first-order valence-electron chi connectivity index (χ1n) is 3.67. The molecule has 0 aliphatic rings. The van der Waals surface area contributed by atoms with Gasteiger partial charge in [-0.25, -0.2) is 0 Å². The van der Waals surface area contributed by atoms with Crippen molar-refractivity contribution in [1.82, 2.24) is 0 Å². The topological polar surface area (TPSA) is 49.3 Å². The molecule has 0 radical (unpaired) electrons. The molecule has 0 spiro atoms. The molecule has 0 fully saturated rings. The van der Waals surface area contributed by atoms with Crippen LogP contribution in [0.25, 0.3) is 0 Å². The van der Waals surface area contributed by atoms with Gasteiger partial charge in [0.25, 0.3) is 0 Å². The lowest BCUT2D eigenvalue weighted by Crippen LogP contribution is -2.05. The molecule has 0 aliphatic carbocycles. The third-order valence-electron chi connectivity index (χ3n) is 1.55. The van der Waals surface area contributed by atoms with E-state index in [1.807, 2.05) is 0 Å². The molecule has 3 nitrogen and oxygen atoms in total. The van der Waals surface area contributed by atoms with Crippen molar-refractivity contribution in [1.29, 1.82) is 0 Å². The molecule has 0 heterocycles. The molecular formula is C9H11NO2. The van der Waals surface area contributed by atoms with Gasteiger partial charge in [-0.2, -0.15) is 0 Å². The Bertz CT molecular complexity index is 307. The molecule has 1 aromatic carbocycles. The van der Waals surface area contributed by atoms with Gasteiger partial charge in [0.1, 0.15) is 5.75 Å². The zero-order valence-electron chi connectivity index (χ0n) is 7.09. The Kier molecular flexibility index (Phi) is 2.33. The van der Waals surface area contributed by atoms with E-state index in [-0.39, 0.29) is 11.7 Å². The van der Waals surface area contributed by atoms with Gasteiger partial charge in [-0.15, -0.1) is 0 Å². The maximum absolute atomic E-state index is 10.7. The number of benzene rings is 1. The van der Waals surface area contributed by atoms with E-state index in [0.717, 1.165) is 5.56 Å². The average molecular weight is 165 g/mol. The van der Waals surface area contributed by atoms with Gasteiger partial charge in [-0.3, -0.25) is 4.79 Å². The highest BCUT2D eigenvalue weighted by Crippen LogP contribution is 2.26. The van der Waals surface area contributed by atoms with E-state index in [1.165, 1.54) is 6.92 Å². The third kappa shape index (κ3) is 1.75. The molecule has 3 heteroatoms. The molecule has 0 aromatic heterocycles. The van der Waals surface area contributed by atoms with Crippen molar-refractivity contribution in [2.45, 2.75) is 13.8 Å². The van der Waals surface area contributed by atoms with Crippen LogP contribution in [0, 0.1) is 6.92 Å². The van der Waals surface area contributed by atoms with E-state index < -0.39 is 0 Å². The minimum Gasteiger partial charge on any atom is -0.505 e. The Labute approximate surface area is 71.0 Å². The number of phenolic OH excluding ortho intramolecular Hbond substituents is 1. The van der Waals surface area contributed by atoms with E-state index in [4.69, 9.17) is 0 Å². The fourth-order valence-electron chi connectivity index (χ4n) is 0.949. The Morgan fingerprint density at radius 1 is 1.50 bits per heavy atom. The van der Waals surface area contributed by atoms with Crippen LogP contribution in [0.5, 0.6) is 5.75 Å². The largest absolute Gasteiger partial charge is 0.505 e. The number of hydrogen-bond acceptors (Lipinski definition) is 2. The predicted octanol–water partition coefficient (Wildman–Crippen LogP) is 1.66. The summed E-state index contributed by atoms with van der Waals surface area (Å²) >= 11 is 0. The summed E-state index contributed by atoms with van der Waals surface area (Å²) < 4.78 is 0. The number of anilines is 1. The van der Waals surface area contributed by atoms with Gasteiger partial charge in [0.05, 0.1) is 5.69 Å². The Hall–Kier alpha value is -1.51. The monoisotopic (exact) mass is 165 g/mol. The second-order valence-corrected chi connectivity index (χ2v) is 2.65. The molecule has 1 amide bonds. The van der Waals surface area contributed by atoms with Gasteiger partial charge in [0.15, 0.2) is 0 Å². The van der Waals surface area contributed by atoms with Gasteiger partial charge >= 0.3 is 0 Å². The van der Waals surface area contributed by atoms with Crippen LogP contribution in [0.4, 0.5) is 5.69 Å². The highest BCUT2D eigenvalue weighted by Gasteiger charge is 2.03. The number of para-hydroxylation sites is 1. The smallest absolute Gasteiger partial charge is 0.221 e. The van der Waals surface area contributed by atoms with Crippen molar-refractivity contribution in [3.8, 4) is 5.75 Å². The van der Waals surface area contributed by atoms with Gasteiger partial charge in [0, 0.05) is 6.92 Å².